The minimum Gasteiger partial charge on any atom is -0.463 e. The molecule has 0 spiro atoms. The number of carbonyl (C=O) groups is 2. The standard InChI is InChI=1S/C17H29NO4/c1-5-21-15(19)9-7-6-8-14-10-12-18(13-11-14)16(20)22-17(2,3)4/h7,9,14H,5-6,8,10-13H2,1-4H3/b9-7+. The van der Waals surface area contributed by atoms with Gasteiger partial charge in [0.1, 0.15) is 5.60 Å². The molecule has 1 heterocycles. The number of hydrogen-bond acceptors (Lipinski definition) is 4. The van der Waals surface area contributed by atoms with Gasteiger partial charge in [-0.3, -0.25) is 0 Å². The smallest absolute Gasteiger partial charge is 0.410 e. The Bertz CT molecular complexity index is 390. The Morgan fingerprint density at radius 1 is 1.23 bits per heavy atom. The Morgan fingerprint density at radius 3 is 2.41 bits per heavy atom. The molecule has 0 atom stereocenters. The molecule has 1 amide bonds. The zero-order valence-corrected chi connectivity index (χ0v) is 14.3. The number of nitrogens with zero attached hydrogens (tertiary/aromatic N) is 1. The molecule has 0 aromatic carbocycles. The minimum atomic E-state index is -0.439. The van der Waals surface area contributed by atoms with E-state index in [4.69, 9.17) is 9.47 Å². The van der Waals surface area contributed by atoms with Crippen LogP contribution in [-0.4, -0.2) is 42.3 Å². The van der Waals surface area contributed by atoms with Crippen molar-refractivity contribution in [3.63, 3.8) is 0 Å². The largest absolute Gasteiger partial charge is 0.463 e. The van der Waals surface area contributed by atoms with E-state index in [9.17, 15) is 9.59 Å². The minimum absolute atomic E-state index is 0.215. The lowest BCUT2D eigenvalue weighted by Crippen LogP contribution is -2.41. The van der Waals surface area contributed by atoms with Crippen LogP contribution in [0.1, 0.15) is 53.4 Å². The van der Waals surface area contributed by atoms with Crippen LogP contribution in [0.4, 0.5) is 4.79 Å². The quantitative estimate of drug-likeness (QED) is 0.575. The summed E-state index contributed by atoms with van der Waals surface area (Å²) in [5.41, 5.74) is -0.439. The van der Waals surface area contributed by atoms with Crippen LogP contribution in [0.5, 0.6) is 0 Å². The van der Waals surface area contributed by atoms with Crippen LogP contribution in [0.2, 0.25) is 0 Å². The Balaban J connectivity index is 2.23. The molecule has 0 saturated carbocycles. The highest BCUT2D eigenvalue weighted by atomic mass is 16.6. The highest BCUT2D eigenvalue weighted by Gasteiger charge is 2.26. The van der Waals surface area contributed by atoms with Crippen molar-refractivity contribution in [3.05, 3.63) is 12.2 Å². The first-order chi connectivity index (χ1) is 10.3. The first kappa shape index (κ1) is 18.5. The van der Waals surface area contributed by atoms with Gasteiger partial charge in [0, 0.05) is 19.2 Å². The summed E-state index contributed by atoms with van der Waals surface area (Å²) in [6, 6.07) is 0. The van der Waals surface area contributed by atoms with E-state index in [0.717, 1.165) is 38.8 Å². The predicted molar refractivity (Wildman–Crippen MR) is 85.5 cm³/mol. The molecule has 5 heteroatoms. The number of hydrogen-bond donors (Lipinski definition) is 0. The fraction of sp³-hybridized carbons (Fsp3) is 0.765. The topological polar surface area (TPSA) is 55.8 Å². The molecule has 0 aromatic rings. The molecule has 1 aliphatic heterocycles. The summed E-state index contributed by atoms with van der Waals surface area (Å²) >= 11 is 0. The summed E-state index contributed by atoms with van der Waals surface area (Å²) in [5.74, 6) is 0.327. The fourth-order valence-corrected chi connectivity index (χ4v) is 2.43. The molecule has 0 unspecified atom stereocenters. The number of likely N-dealkylation sites (tertiary alicyclic amines) is 1. The number of amides is 1. The van der Waals surface area contributed by atoms with Gasteiger partial charge in [0.05, 0.1) is 6.61 Å². The lowest BCUT2D eigenvalue weighted by Gasteiger charge is -2.33. The van der Waals surface area contributed by atoms with Gasteiger partial charge >= 0.3 is 12.1 Å². The van der Waals surface area contributed by atoms with Gasteiger partial charge in [-0.25, -0.2) is 9.59 Å². The molecular weight excluding hydrogens is 282 g/mol. The van der Waals surface area contributed by atoms with Crippen molar-refractivity contribution >= 4 is 12.1 Å². The maximum atomic E-state index is 12.0. The van der Waals surface area contributed by atoms with E-state index in [1.165, 1.54) is 6.08 Å². The van der Waals surface area contributed by atoms with Gasteiger partial charge in [0.2, 0.25) is 0 Å². The molecule has 0 aliphatic carbocycles. The monoisotopic (exact) mass is 311 g/mol. The van der Waals surface area contributed by atoms with E-state index in [-0.39, 0.29) is 12.1 Å². The Kier molecular flexibility index (Phi) is 7.42. The lowest BCUT2D eigenvalue weighted by molar-refractivity contribution is -0.137. The summed E-state index contributed by atoms with van der Waals surface area (Å²) < 4.78 is 10.2. The Morgan fingerprint density at radius 2 is 1.86 bits per heavy atom. The third-order valence-electron chi connectivity index (χ3n) is 3.55. The fourth-order valence-electron chi connectivity index (χ4n) is 2.43. The maximum Gasteiger partial charge on any atom is 0.410 e. The van der Waals surface area contributed by atoms with E-state index < -0.39 is 5.60 Å². The van der Waals surface area contributed by atoms with Crippen molar-refractivity contribution < 1.29 is 19.1 Å². The number of piperidine rings is 1. The Hall–Kier alpha value is -1.52. The molecular formula is C17H29NO4. The summed E-state index contributed by atoms with van der Waals surface area (Å²) in [6.07, 6.45) is 7.05. The van der Waals surface area contributed by atoms with Crippen LogP contribution in [0, 0.1) is 5.92 Å². The van der Waals surface area contributed by atoms with Crippen molar-refractivity contribution in [2.45, 2.75) is 59.0 Å². The van der Waals surface area contributed by atoms with Crippen molar-refractivity contribution in [2.75, 3.05) is 19.7 Å². The van der Waals surface area contributed by atoms with Crippen molar-refractivity contribution in [3.8, 4) is 0 Å². The second kappa shape index (κ2) is 8.81. The van der Waals surface area contributed by atoms with Gasteiger partial charge < -0.3 is 14.4 Å². The van der Waals surface area contributed by atoms with E-state index in [2.05, 4.69) is 0 Å². The van der Waals surface area contributed by atoms with Crippen molar-refractivity contribution in [1.29, 1.82) is 0 Å². The lowest BCUT2D eigenvalue weighted by atomic mass is 9.92. The van der Waals surface area contributed by atoms with Crippen LogP contribution in [0.3, 0.4) is 0 Å². The van der Waals surface area contributed by atoms with Crippen LogP contribution >= 0.6 is 0 Å². The molecule has 0 bridgehead atoms. The van der Waals surface area contributed by atoms with Crippen LogP contribution < -0.4 is 0 Å². The number of carbonyl (C=O) groups excluding carboxylic acids is 2. The number of esters is 1. The van der Waals surface area contributed by atoms with E-state index in [1.54, 1.807) is 11.8 Å². The van der Waals surface area contributed by atoms with Crippen molar-refractivity contribution in [2.24, 2.45) is 5.92 Å². The summed E-state index contributed by atoms with van der Waals surface area (Å²) in [5, 5.41) is 0. The first-order valence-electron chi connectivity index (χ1n) is 8.13. The van der Waals surface area contributed by atoms with Crippen LogP contribution in [0.25, 0.3) is 0 Å². The summed E-state index contributed by atoms with van der Waals surface area (Å²) in [7, 11) is 0. The van der Waals surface area contributed by atoms with Crippen LogP contribution in [0.15, 0.2) is 12.2 Å². The average Bonchev–Trinajstić information content (AvgIpc) is 2.43. The molecule has 22 heavy (non-hydrogen) atoms. The van der Waals surface area contributed by atoms with Gasteiger partial charge in [0.25, 0.3) is 0 Å². The van der Waals surface area contributed by atoms with E-state index in [1.807, 2.05) is 26.8 Å². The summed E-state index contributed by atoms with van der Waals surface area (Å²) in [6.45, 7) is 9.35. The van der Waals surface area contributed by atoms with E-state index in [0.29, 0.717) is 12.5 Å². The van der Waals surface area contributed by atoms with Gasteiger partial charge in [-0.05, 0) is 59.3 Å². The maximum absolute atomic E-state index is 12.0. The van der Waals surface area contributed by atoms with Crippen LogP contribution in [-0.2, 0) is 14.3 Å². The normalized spacial score (nSPS) is 16.8. The van der Waals surface area contributed by atoms with Gasteiger partial charge in [0.15, 0.2) is 0 Å². The predicted octanol–water partition coefficient (Wildman–Crippen LogP) is 3.53. The number of allylic oxidation sites excluding steroid dienone is 1. The molecule has 5 nitrogen and oxygen atoms in total. The zero-order chi connectivity index (χ0) is 16.6. The number of ether oxygens (including phenoxy) is 2. The highest BCUT2D eigenvalue weighted by molar-refractivity contribution is 5.81. The van der Waals surface area contributed by atoms with Gasteiger partial charge in [-0.2, -0.15) is 0 Å². The molecule has 1 rings (SSSR count). The van der Waals surface area contributed by atoms with E-state index >= 15 is 0 Å². The zero-order valence-electron chi connectivity index (χ0n) is 14.3. The van der Waals surface area contributed by atoms with Crippen molar-refractivity contribution in [1.82, 2.24) is 4.90 Å². The highest BCUT2D eigenvalue weighted by Crippen LogP contribution is 2.23. The molecule has 0 N–H and O–H groups in total. The average molecular weight is 311 g/mol. The molecule has 1 saturated heterocycles. The Labute approximate surface area is 133 Å². The second-order valence-electron chi connectivity index (χ2n) is 6.64. The summed E-state index contributed by atoms with van der Waals surface area (Å²) in [4.78, 5) is 24.9. The molecule has 1 aliphatic rings. The molecule has 0 aromatic heterocycles. The third-order valence-corrected chi connectivity index (χ3v) is 3.55. The van der Waals surface area contributed by atoms with Gasteiger partial charge in [-0.1, -0.05) is 6.08 Å². The second-order valence-corrected chi connectivity index (χ2v) is 6.64. The molecule has 126 valence electrons. The molecule has 0 radical (unpaired) electrons. The molecule has 1 fully saturated rings. The SMILES string of the molecule is CCOC(=O)/C=C/CCC1CCN(C(=O)OC(C)(C)C)CC1. The third kappa shape index (κ3) is 7.48. The van der Waals surface area contributed by atoms with Gasteiger partial charge in [-0.15, -0.1) is 0 Å². The first-order valence-corrected chi connectivity index (χ1v) is 8.13. The number of rotatable bonds is 5.